The second-order valence-corrected chi connectivity index (χ2v) is 7.99. The van der Waals surface area contributed by atoms with Gasteiger partial charge >= 0.3 is 0 Å². The number of rotatable bonds is 8. The molecule has 0 heterocycles. The van der Waals surface area contributed by atoms with Crippen molar-refractivity contribution in [3.8, 4) is 5.75 Å². The summed E-state index contributed by atoms with van der Waals surface area (Å²) < 4.78 is 5.60. The number of halogens is 2. The maximum absolute atomic E-state index is 13.0. The molecule has 0 saturated heterocycles. The molecule has 0 aliphatic heterocycles. The van der Waals surface area contributed by atoms with Gasteiger partial charge in [-0.2, -0.15) is 0 Å². The van der Waals surface area contributed by atoms with Gasteiger partial charge in [0.1, 0.15) is 11.8 Å². The summed E-state index contributed by atoms with van der Waals surface area (Å²) in [6.07, 6.45) is 0. The van der Waals surface area contributed by atoms with Gasteiger partial charge in [0.05, 0.1) is 5.02 Å². The summed E-state index contributed by atoms with van der Waals surface area (Å²) >= 11 is 12.0. The van der Waals surface area contributed by atoms with E-state index in [9.17, 15) is 9.59 Å². The first-order chi connectivity index (χ1) is 13.7. The highest BCUT2D eigenvalue weighted by Crippen LogP contribution is 2.27. The summed E-state index contributed by atoms with van der Waals surface area (Å²) in [6.45, 7) is 7.50. The Morgan fingerprint density at radius 3 is 2.41 bits per heavy atom. The quantitative estimate of drug-likeness (QED) is 0.656. The molecule has 156 valence electrons. The van der Waals surface area contributed by atoms with Crippen molar-refractivity contribution in [1.82, 2.24) is 10.2 Å². The zero-order valence-electron chi connectivity index (χ0n) is 17.0. The highest BCUT2D eigenvalue weighted by molar-refractivity contribution is 6.35. The van der Waals surface area contributed by atoms with Crippen LogP contribution in [-0.4, -0.2) is 35.4 Å². The molecule has 2 aromatic rings. The standard InChI is InChI=1S/C22H26Cl2N2O3/c1-14(2)25-22(28)16(4)26(12-17-8-6-5-7-15(17)3)21(27)13-29-20-10-9-18(23)11-19(20)24/h5-11,14,16H,12-13H2,1-4H3,(H,25,28)/t16-/m1/s1. The lowest BCUT2D eigenvalue weighted by Gasteiger charge is -2.29. The van der Waals surface area contributed by atoms with Crippen LogP contribution in [0.25, 0.3) is 0 Å². The lowest BCUT2D eigenvalue weighted by atomic mass is 10.1. The van der Waals surface area contributed by atoms with Crippen molar-refractivity contribution < 1.29 is 14.3 Å². The number of hydrogen-bond acceptors (Lipinski definition) is 3. The molecule has 1 atom stereocenters. The normalized spacial score (nSPS) is 11.8. The van der Waals surface area contributed by atoms with Crippen LogP contribution in [-0.2, 0) is 16.1 Å². The van der Waals surface area contributed by atoms with Crippen molar-refractivity contribution in [1.29, 1.82) is 0 Å². The molecule has 2 amide bonds. The summed E-state index contributed by atoms with van der Waals surface area (Å²) in [5, 5.41) is 3.66. The first-order valence-electron chi connectivity index (χ1n) is 9.41. The molecular weight excluding hydrogens is 411 g/mol. The molecule has 2 aromatic carbocycles. The fourth-order valence-electron chi connectivity index (χ4n) is 2.77. The molecule has 0 unspecified atom stereocenters. The van der Waals surface area contributed by atoms with E-state index < -0.39 is 6.04 Å². The van der Waals surface area contributed by atoms with Crippen molar-refractivity contribution in [3.05, 3.63) is 63.6 Å². The van der Waals surface area contributed by atoms with E-state index in [-0.39, 0.29) is 24.5 Å². The van der Waals surface area contributed by atoms with Crippen LogP contribution in [0.5, 0.6) is 5.75 Å². The van der Waals surface area contributed by atoms with Gasteiger partial charge in [0.2, 0.25) is 5.91 Å². The number of carbonyl (C=O) groups is 2. The van der Waals surface area contributed by atoms with E-state index in [1.165, 1.54) is 4.90 Å². The fourth-order valence-corrected chi connectivity index (χ4v) is 3.24. The fraction of sp³-hybridized carbons (Fsp3) is 0.364. The second-order valence-electron chi connectivity index (χ2n) is 7.15. The summed E-state index contributed by atoms with van der Waals surface area (Å²) in [5.74, 6) is -0.170. The molecule has 0 bridgehead atoms. The molecule has 0 radical (unpaired) electrons. The van der Waals surface area contributed by atoms with Crippen molar-refractivity contribution >= 4 is 35.0 Å². The lowest BCUT2D eigenvalue weighted by Crippen LogP contribution is -2.50. The number of benzene rings is 2. The molecule has 0 aliphatic carbocycles. The third-order valence-corrected chi connectivity index (χ3v) is 4.98. The third kappa shape index (κ3) is 6.65. The number of carbonyl (C=O) groups excluding carboxylic acids is 2. The van der Waals surface area contributed by atoms with Gasteiger partial charge in [0.25, 0.3) is 5.91 Å². The average Bonchev–Trinajstić information content (AvgIpc) is 2.65. The number of aryl methyl sites for hydroxylation is 1. The van der Waals surface area contributed by atoms with Crippen molar-refractivity contribution in [2.24, 2.45) is 0 Å². The van der Waals surface area contributed by atoms with Crippen molar-refractivity contribution in [2.45, 2.75) is 46.3 Å². The van der Waals surface area contributed by atoms with Gasteiger partial charge in [0.15, 0.2) is 6.61 Å². The van der Waals surface area contributed by atoms with Gasteiger partial charge in [-0.05, 0) is 57.0 Å². The first kappa shape index (κ1) is 23.0. The second kappa shape index (κ2) is 10.5. The van der Waals surface area contributed by atoms with Gasteiger partial charge in [-0.15, -0.1) is 0 Å². The number of nitrogens with one attached hydrogen (secondary N) is 1. The Bertz CT molecular complexity index is 871. The summed E-state index contributed by atoms with van der Waals surface area (Å²) in [7, 11) is 0. The van der Waals surface area contributed by atoms with Crippen LogP contribution in [0.2, 0.25) is 10.0 Å². The molecule has 0 fully saturated rings. The number of nitrogens with zero attached hydrogens (tertiary/aromatic N) is 1. The zero-order chi connectivity index (χ0) is 21.6. The van der Waals surface area contributed by atoms with Gasteiger partial charge < -0.3 is 15.0 Å². The summed E-state index contributed by atoms with van der Waals surface area (Å²) in [5.41, 5.74) is 2.01. The highest BCUT2D eigenvalue weighted by atomic mass is 35.5. The largest absolute Gasteiger partial charge is 0.482 e. The van der Waals surface area contributed by atoms with Crippen LogP contribution in [0, 0.1) is 6.92 Å². The smallest absolute Gasteiger partial charge is 0.261 e. The van der Waals surface area contributed by atoms with E-state index in [1.54, 1.807) is 25.1 Å². The Morgan fingerprint density at radius 2 is 1.79 bits per heavy atom. The third-order valence-electron chi connectivity index (χ3n) is 4.45. The summed E-state index contributed by atoms with van der Waals surface area (Å²) in [4.78, 5) is 27.1. The van der Waals surface area contributed by atoms with Crippen LogP contribution in [0.3, 0.4) is 0 Å². The minimum absolute atomic E-state index is 0.0236. The first-order valence-corrected chi connectivity index (χ1v) is 10.2. The maximum Gasteiger partial charge on any atom is 0.261 e. The van der Waals surface area contributed by atoms with Crippen LogP contribution < -0.4 is 10.1 Å². The van der Waals surface area contributed by atoms with Crippen LogP contribution >= 0.6 is 23.2 Å². The molecule has 0 spiro atoms. The Labute approximate surface area is 181 Å². The van der Waals surface area contributed by atoms with Gasteiger partial charge in [-0.25, -0.2) is 0 Å². The zero-order valence-corrected chi connectivity index (χ0v) is 18.6. The maximum atomic E-state index is 13.0. The van der Waals surface area contributed by atoms with E-state index in [2.05, 4.69) is 5.32 Å². The van der Waals surface area contributed by atoms with Gasteiger partial charge in [-0.1, -0.05) is 47.5 Å². The molecule has 0 saturated carbocycles. The Morgan fingerprint density at radius 1 is 1.10 bits per heavy atom. The summed E-state index contributed by atoms with van der Waals surface area (Å²) in [6, 6.07) is 11.9. The predicted octanol–water partition coefficient (Wildman–Crippen LogP) is 4.62. The number of amides is 2. The number of ether oxygens (including phenoxy) is 1. The molecule has 0 aliphatic rings. The Kier molecular flexibility index (Phi) is 8.35. The topological polar surface area (TPSA) is 58.6 Å². The molecule has 2 rings (SSSR count). The highest BCUT2D eigenvalue weighted by Gasteiger charge is 2.27. The Hall–Kier alpha value is -2.24. The average molecular weight is 437 g/mol. The van der Waals surface area contributed by atoms with E-state index in [4.69, 9.17) is 27.9 Å². The van der Waals surface area contributed by atoms with E-state index >= 15 is 0 Å². The van der Waals surface area contributed by atoms with Crippen molar-refractivity contribution in [2.75, 3.05) is 6.61 Å². The van der Waals surface area contributed by atoms with Gasteiger partial charge in [-0.3, -0.25) is 9.59 Å². The SMILES string of the molecule is Cc1ccccc1CN(C(=O)COc1ccc(Cl)cc1Cl)[C@H](C)C(=O)NC(C)C. The monoisotopic (exact) mass is 436 g/mol. The molecule has 7 heteroatoms. The van der Waals surface area contributed by atoms with E-state index in [1.807, 2.05) is 45.0 Å². The molecular formula is C22H26Cl2N2O3. The Balaban J connectivity index is 2.19. The van der Waals surface area contributed by atoms with Crippen molar-refractivity contribution in [3.63, 3.8) is 0 Å². The van der Waals surface area contributed by atoms with Crippen LogP contribution in [0.1, 0.15) is 31.9 Å². The molecule has 1 N–H and O–H groups in total. The molecule has 0 aromatic heterocycles. The molecule has 5 nitrogen and oxygen atoms in total. The lowest BCUT2D eigenvalue weighted by molar-refractivity contribution is -0.142. The van der Waals surface area contributed by atoms with Gasteiger partial charge in [0, 0.05) is 17.6 Å². The van der Waals surface area contributed by atoms with E-state index in [0.717, 1.165) is 11.1 Å². The minimum Gasteiger partial charge on any atom is -0.482 e. The minimum atomic E-state index is -0.659. The molecule has 29 heavy (non-hydrogen) atoms. The van der Waals surface area contributed by atoms with Crippen LogP contribution in [0.4, 0.5) is 0 Å². The number of hydrogen-bond donors (Lipinski definition) is 1. The van der Waals surface area contributed by atoms with Crippen LogP contribution in [0.15, 0.2) is 42.5 Å². The van der Waals surface area contributed by atoms with E-state index in [0.29, 0.717) is 22.3 Å². The predicted molar refractivity (Wildman–Crippen MR) is 116 cm³/mol.